The predicted octanol–water partition coefficient (Wildman–Crippen LogP) is 3.03. The summed E-state index contributed by atoms with van der Waals surface area (Å²) in [6, 6.07) is -0.715. The lowest BCUT2D eigenvalue weighted by molar-refractivity contribution is -0.141. The molecule has 0 aromatic heterocycles. The Kier molecular flexibility index (Phi) is 4.99. The summed E-state index contributed by atoms with van der Waals surface area (Å²) in [7, 11) is 0. The topological polar surface area (TPSA) is 63.3 Å². The fourth-order valence-corrected chi connectivity index (χ4v) is 3.39. The average Bonchev–Trinajstić information content (AvgIpc) is 2.36. The molecule has 1 fully saturated rings. The van der Waals surface area contributed by atoms with Crippen molar-refractivity contribution in [2.45, 2.75) is 65.3 Å². The number of nitrogens with two attached hydrogens (primary N) is 1. The minimum atomic E-state index is -0.858. The van der Waals surface area contributed by atoms with Gasteiger partial charge in [-0.1, -0.05) is 33.6 Å². The van der Waals surface area contributed by atoms with E-state index in [0.717, 1.165) is 25.2 Å². The van der Waals surface area contributed by atoms with Gasteiger partial charge in [0.15, 0.2) is 0 Å². The highest BCUT2D eigenvalue weighted by Crippen LogP contribution is 2.48. The number of carboxylic acids is 1. The van der Waals surface area contributed by atoms with E-state index in [-0.39, 0.29) is 11.3 Å². The third-order valence-corrected chi connectivity index (χ3v) is 5.17. The molecular formula is C14H27NO2. The zero-order valence-corrected chi connectivity index (χ0v) is 11.4. The highest BCUT2D eigenvalue weighted by Gasteiger charge is 2.42. The first kappa shape index (κ1) is 14.5. The van der Waals surface area contributed by atoms with Crippen molar-refractivity contribution in [1.82, 2.24) is 0 Å². The first-order valence-corrected chi connectivity index (χ1v) is 6.95. The van der Waals surface area contributed by atoms with Gasteiger partial charge in [0.1, 0.15) is 6.04 Å². The number of carbonyl (C=O) groups is 1. The molecule has 1 aliphatic carbocycles. The Balaban J connectivity index is 2.73. The number of carboxylic acid groups (broad SMARTS) is 1. The van der Waals surface area contributed by atoms with Crippen LogP contribution in [0.25, 0.3) is 0 Å². The second-order valence-electron chi connectivity index (χ2n) is 5.72. The molecule has 3 N–H and O–H groups in total. The summed E-state index contributed by atoms with van der Waals surface area (Å²) in [6.45, 7) is 6.45. The van der Waals surface area contributed by atoms with Crippen molar-refractivity contribution in [3.8, 4) is 0 Å². The third kappa shape index (κ3) is 3.01. The summed E-state index contributed by atoms with van der Waals surface area (Å²) in [6.07, 6.45) is 7.06. The van der Waals surface area contributed by atoms with Crippen LogP contribution in [0.1, 0.15) is 59.3 Å². The van der Waals surface area contributed by atoms with Crippen molar-refractivity contribution < 1.29 is 9.90 Å². The fourth-order valence-electron chi connectivity index (χ4n) is 3.39. The molecular weight excluding hydrogens is 214 g/mol. The molecule has 0 amide bonds. The van der Waals surface area contributed by atoms with E-state index in [1.807, 2.05) is 6.92 Å². The maximum absolute atomic E-state index is 11.0. The average molecular weight is 241 g/mol. The minimum absolute atomic E-state index is 0.0720. The molecule has 1 rings (SSSR count). The van der Waals surface area contributed by atoms with Crippen molar-refractivity contribution >= 4 is 5.97 Å². The van der Waals surface area contributed by atoms with Gasteiger partial charge in [0, 0.05) is 0 Å². The molecule has 2 atom stereocenters. The molecule has 0 aliphatic heterocycles. The van der Waals surface area contributed by atoms with Crippen molar-refractivity contribution in [3.05, 3.63) is 0 Å². The van der Waals surface area contributed by atoms with Gasteiger partial charge in [0.2, 0.25) is 0 Å². The summed E-state index contributed by atoms with van der Waals surface area (Å²) in [5, 5.41) is 9.07. The molecule has 0 radical (unpaired) electrons. The molecule has 0 aromatic carbocycles. The molecule has 1 saturated carbocycles. The van der Waals surface area contributed by atoms with Crippen molar-refractivity contribution in [2.75, 3.05) is 0 Å². The molecule has 100 valence electrons. The first-order valence-electron chi connectivity index (χ1n) is 6.95. The van der Waals surface area contributed by atoms with Crippen LogP contribution < -0.4 is 5.73 Å². The first-order chi connectivity index (χ1) is 7.96. The van der Waals surface area contributed by atoms with Crippen LogP contribution in [-0.2, 0) is 4.79 Å². The van der Waals surface area contributed by atoms with Crippen LogP contribution in [0.5, 0.6) is 0 Å². The Morgan fingerprint density at radius 3 is 2.29 bits per heavy atom. The van der Waals surface area contributed by atoms with Gasteiger partial charge in [-0.3, -0.25) is 4.79 Å². The Bertz CT molecular complexity index is 257. The maximum Gasteiger partial charge on any atom is 0.320 e. The van der Waals surface area contributed by atoms with Crippen molar-refractivity contribution in [2.24, 2.45) is 23.0 Å². The van der Waals surface area contributed by atoms with Crippen LogP contribution in [0.4, 0.5) is 0 Å². The monoisotopic (exact) mass is 241 g/mol. The fraction of sp³-hybridized carbons (Fsp3) is 0.929. The van der Waals surface area contributed by atoms with Crippen molar-refractivity contribution in [1.29, 1.82) is 0 Å². The van der Waals surface area contributed by atoms with E-state index in [2.05, 4.69) is 13.8 Å². The number of aliphatic carboxylic acids is 1. The molecule has 0 bridgehead atoms. The third-order valence-electron chi connectivity index (χ3n) is 5.17. The second kappa shape index (κ2) is 5.85. The van der Waals surface area contributed by atoms with Gasteiger partial charge in [-0.25, -0.2) is 0 Å². The number of hydrogen-bond acceptors (Lipinski definition) is 2. The lowest BCUT2D eigenvalue weighted by Gasteiger charge is -2.45. The molecule has 17 heavy (non-hydrogen) atoms. The molecule has 0 aromatic rings. The van der Waals surface area contributed by atoms with Crippen LogP contribution in [-0.4, -0.2) is 17.1 Å². The highest BCUT2D eigenvalue weighted by atomic mass is 16.4. The van der Waals surface area contributed by atoms with Crippen LogP contribution >= 0.6 is 0 Å². The summed E-state index contributed by atoms with van der Waals surface area (Å²) < 4.78 is 0. The Morgan fingerprint density at radius 1 is 1.41 bits per heavy atom. The Labute approximate surface area is 105 Å². The van der Waals surface area contributed by atoms with Gasteiger partial charge in [-0.05, 0) is 42.9 Å². The van der Waals surface area contributed by atoms with Gasteiger partial charge >= 0.3 is 5.97 Å². The molecule has 0 heterocycles. The van der Waals surface area contributed by atoms with Gasteiger partial charge in [-0.2, -0.15) is 0 Å². The van der Waals surface area contributed by atoms with E-state index in [4.69, 9.17) is 10.8 Å². The summed E-state index contributed by atoms with van der Waals surface area (Å²) in [5.74, 6) is 0.0497. The standard InChI is InChI=1S/C14H27NO2/c1-4-11-6-8-14(5-2,9-7-11)10(3)12(15)13(16)17/h10-12H,4-9,15H2,1-3H3,(H,16,17). The van der Waals surface area contributed by atoms with Gasteiger partial charge in [0.05, 0.1) is 0 Å². The van der Waals surface area contributed by atoms with Crippen LogP contribution in [0.3, 0.4) is 0 Å². The molecule has 2 unspecified atom stereocenters. The van der Waals surface area contributed by atoms with Gasteiger partial charge in [0.25, 0.3) is 0 Å². The summed E-state index contributed by atoms with van der Waals surface area (Å²) >= 11 is 0. The molecule has 0 spiro atoms. The largest absolute Gasteiger partial charge is 0.480 e. The van der Waals surface area contributed by atoms with Crippen molar-refractivity contribution in [3.63, 3.8) is 0 Å². The molecule has 1 aliphatic rings. The molecule has 3 heteroatoms. The lowest BCUT2D eigenvalue weighted by Crippen LogP contribution is -2.47. The zero-order valence-electron chi connectivity index (χ0n) is 11.4. The van der Waals surface area contributed by atoms with E-state index < -0.39 is 12.0 Å². The number of rotatable bonds is 5. The van der Waals surface area contributed by atoms with E-state index in [0.29, 0.717) is 0 Å². The second-order valence-corrected chi connectivity index (χ2v) is 5.72. The molecule has 3 nitrogen and oxygen atoms in total. The van der Waals surface area contributed by atoms with E-state index in [1.165, 1.54) is 19.3 Å². The Morgan fingerprint density at radius 2 is 1.94 bits per heavy atom. The van der Waals surface area contributed by atoms with Crippen LogP contribution in [0.15, 0.2) is 0 Å². The SMILES string of the molecule is CCC1CCC(CC)(C(C)C(N)C(=O)O)CC1. The Hall–Kier alpha value is -0.570. The minimum Gasteiger partial charge on any atom is -0.480 e. The number of hydrogen-bond donors (Lipinski definition) is 2. The van der Waals surface area contributed by atoms with Gasteiger partial charge in [-0.15, -0.1) is 0 Å². The van der Waals surface area contributed by atoms with Crippen LogP contribution in [0, 0.1) is 17.3 Å². The van der Waals surface area contributed by atoms with E-state index in [1.54, 1.807) is 0 Å². The quantitative estimate of drug-likeness (QED) is 0.777. The lowest BCUT2D eigenvalue weighted by atomic mass is 9.60. The normalized spacial score (nSPS) is 33.1. The van der Waals surface area contributed by atoms with Gasteiger partial charge < -0.3 is 10.8 Å². The van der Waals surface area contributed by atoms with E-state index >= 15 is 0 Å². The summed E-state index contributed by atoms with van der Waals surface area (Å²) in [5.41, 5.74) is 5.98. The molecule has 0 saturated heterocycles. The summed E-state index contributed by atoms with van der Waals surface area (Å²) in [4.78, 5) is 11.0. The van der Waals surface area contributed by atoms with Crippen LogP contribution in [0.2, 0.25) is 0 Å². The van der Waals surface area contributed by atoms with E-state index in [9.17, 15) is 4.79 Å². The zero-order chi connectivity index (χ0) is 13.1. The highest BCUT2D eigenvalue weighted by molar-refractivity contribution is 5.73. The smallest absolute Gasteiger partial charge is 0.320 e. The maximum atomic E-state index is 11.0. The predicted molar refractivity (Wildman–Crippen MR) is 69.7 cm³/mol.